The van der Waals surface area contributed by atoms with E-state index in [4.69, 9.17) is 0 Å². The Morgan fingerprint density at radius 2 is 2.13 bits per heavy atom. The highest BCUT2D eigenvalue weighted by molar-refractivity contribution is 7.19. The van der Waals surface area contributed by atoms with Gasteiger partial charge in [-0.25, -0.2) is 14.4 Å². The summed E-state index contributed by atoms with van der Waals surface area (Å²) in [6.45, 7) is 6.64. The van der Waals surface area contributed by atoms with E-state index in [1.165, 1.54) is 17.4 Å². The molecule has 1 saturated heterocycles. The fourth-order valence-electron chi connectivity index (χ4n) is 3.69. The number of hydrogen-bond acceptors (Lipinski definition) is 7. The highest BCUT2D eigenvalue weighted by Gasteiger charge is 2.23. The van der Waals surface area contributed by atoms with E-state index >= 15 is 0 Å². The summed E-state index contributed by atoms with van der Waals surface area (Å²) in [5, 5.41) is 6.18. The normalized spacial score (nSPS) is 15.7. The molecule has 0 aromatic carbocycles. The molecule has 4 rings (SSSR count). The molecule has 1 amide bonds. The Morgan fingerprint density at radius 3 is 2.87 bits per heavy atom. The maximum absolute atomic E-state index is 13.5. The lowest BCUT2D eigenvalue weighted by molar-refractivity contribution is 0.0930. The van der Waals surface area contributed by atoms with Gasteiger partial charge in [-0.2, -0.15) is 0 Å². The molecule has 3 aromatic heterocycles. The smallest absolute Gasteiger partial charge is 0.271 e. The first-order valence-corrected chi connectivity index (χ1v) is 10.8. The van der Waals surface area contributed by atoms with Crippen LogP contribution in [0.15, 0.2) is 24.5 Å². The second kappa shape index (κ2) is 8.61. The van der Waals surface area contributed by atoms with Gasteiger partial charge >= 0.3 is 0 Å². The number of pyridine rings is 1. The number of nitrogens with zero attached hydrogens (tertiary/aromatic N) is 4. The van der Waals surface area contributed by atoms with Crippen molar-refractivity contribution in [1.82, 2.24) is 25.2 Å². The number of anilines is 1. The van der Waals surface area contributed by atoms with Crippen molar-refractivity contribution in [2.45, 2.75) is 26.3 Å². The van der Waals surface area contributed by atoms with Gasteiger partial charge in [0.1, 0.15) is 5.82 Å². The molecule has 7 nitrogen and oxygen atoms in total. The Balaban J connectivity index is 1.52. The van der Waals surface area contributed by atoms with Crippen molar-refractivity contribution in [2.75, 3.05) is 32.0 Å². The molecule has 9 heteroatoms. The molecule has 0 unspecified atom stereocenters. The Morgan fingerprint density at radius 1 is 1.33 bits per heavy atom. The standard InChI is InChI=1S/C21H25FN6OS/c1-12-6-17-19(30-12)18(20(29)24-5-4-14-10-28(3)11-14)27-21(26-17)25-13(2)15-7-16(22)9-23-8-15/h6-9,13-14H,4-5,10-11H2,1-3H3,(H,24,29)(H,25,26,27)/t13-/m0/s1. The molecule has 1 fully saturated rings. The number of amides is 1. The summed E-state index contributed by atoms with van der Waals surface area (Å²) < 4.78 is 14.3. The third-order valence-corrected chi connectivity index (χ3v) is 6.31. The Labute approximate surface area is 178 Å². The van der Waals surface area contributed by atoms with E-state index in [-0.39, 0.29) is 11.9 Å². The number of carbonyl (C=O) groups excluding carboxylic acids is 1. The summed E-state index contributed by atoms with van der Waals surface area (Å²) in [5.74, 6) is 0.384. The minimum Gasteiger partial charge on any atom is -0.351 e. The van der Waals surface area contributed by atoms with Crippen molar-refractivity contribution in [1.29, 1.82) is 0 Å². The number of likely N-dealkylation sites (tertiary alicyclic amines) is 1. The van der Waals surface area contributed by atoms with E-state index in [1.54, 1.807) is 6.20 Å². The summed E-state index contributed by atoms with van der Waals surface area (Å²) in [5.41, 5.74) is 1.78. The number of nitrogens with one attached hydrogen (secondary N) is 2. The van der Waals surface area contributed by atoms with E-state index in [2.05, 4.69) is 37.5 Å². The fraction of sp³-hybridized carbons (Fsp3) is 0.429. The van der Waals surface area contributed by atoms with Crippen molar-refractivity contribution in [2.24, 2.45) is 5.92 Å². The molecule has 158 valence electrons. The average Bonchev–Trinajstić information content (AvgIpc) is 3.05. The topological polar surface area (TPSA) is 83.0 Å². The average molecular weight is 429 g/mol. The second-order valence-electron chi connectivity index (χ2n) is 7.90. The molecule has 0 spiro atoms. The molecule has 30 heavy (non-hydrogen) atoms. The molecule has 3 aromatic rings. The van der Waals surface area contributed by atoms with Gasteiger partial charge in [0, 0.05) is 30.7 Å². The van der Waals surface area contributed by atoms with Gasteiger partial charge in [-0.1, -0.05) is 0 Å². The van der Waals surface area contributed by atoms with E-state index in [0.717, 1.165) is 40.8 Å². The summed E-state index contributed by atoms with van der Waals surface area (Å²) in [4.78, 5) is 29.2. The number of hydrogen-bond donors (Lipinski definition) is 2. The van der Waals surface area contributed by atoms with Crippen molar-refractivity contribution in [3.8, 4) is 0 Å². The van der Waals surface area contributed by atoms with Crippen LogP contribution in [0.2, 0.25) is 0 Å². The zero-order valence-electron chi connectivity index (χ0n) is 17.3. The van der Waals surface area contributed by atoms with Gasteiger partial charge in [0.25, 0.3) is 5.91 Å². The second-order valence-corrected chi connectivity index (χ2v) is 9.16. The maximum atomic E-state index is 13.5. The van der Waals surface area contributed by atoms with Crippen LogP contribution in [0, 0.1) is 18.7 Å². The SMILES string of the molecule is Cc1cc2nc(N[C@@H](C)c3cncc(F)c3)nc(C(=O)NCCC3CN(C)C3)c2s1. The number of carbonyl (C=O) groups is 1. The lowest BCUT2D eigenvalue weighted by Gasteiger charge is -2.36. The van der Waals surface area contributed by atoms with Crippen LogP contribution in [0.1, 0.15) is 40.3 Å². The third kappa shape index (κ3) is 4.57. The molecular formula is C21H25FN6OS. The molecule has 2 N–H and O–H groups in total. The molecule has 0 radical (unpaired) electrons. The van der Waals surface area contributed by atoms with Crippen molar-refractivity contribution >= 4 is 33.4 Å². The number of rotatable bonds is 7. The fourth-order valence-corrected chi connectivity index (χ4v) is 4.63. The molecule has 0 aliphatic carbocycles. The highest BCUT2D eigenvalue weighted by atomic mass is 32.1. The maximum Gasteiger partial charge on any atom is 0.271 e. The van der Waals surface area contributed by atoms with Crippen LogP contribution in [0.3, 0.4) is 0 Å². The number of halogens is 1. The van der Waals surface area contributed by atoms with Gasteiger partial charge in [-0.05, 0) is 50.9 Å². The van der Waals surface area contributed by atoms with Crippen molar-refractivity contribution in [3.63, 3.8) is 0 Å². The first kappa shape index (κ1) is 20.6. The van der Waals surface area contributed by atoms with Crippen LogP contribution in [-0.2, 0) is 0 Å². The zero-order valence-corrected chi connectivity index (χ0v) is 18.1. The lowest BCUT2D eigenvalue weighted by Crippen LogP contribution is -2.45. The molecule has 4 heterocycles. The quantitative estimate of drug-likeness (QED) is 0.600. The lowest BCUT2D eigenvalue weighted by atomic mass is 9.97. The predicted octanol–water partition coefficient (Wildman–Crippen LogP) is 3.39. The summed E-state index contributed by atoms with van der Waals surface area (Å²) in [7, 11) is 2.10. The van der Waals surface area contributed by atoms with Gasteiger partial charge < -0.3 is 15.5 Å². The highest BCUT2D eigenvalue weighted by Crippen LogP contribution is 2.28. The molecule has 0 bridgehead atoms. The monoisotopic (exact) mass is 428 g/mol. The largest absolute Gasteiger partial charge is 0.351 e. The van der Waals surface area contributed by atoms with Crippen molar-refractivity contribution < 1.29 is 9.18 Å². The van der Waals surface area contributed by atoms with Crippen molar-refractivity contribution in [3.05, 3.63) is 46.5 Å². The third-order valence-electron chi connectivity index (χ3n) is 5.26. The van der Waals surface area contributed by atoms with E-state index in [9.17, 15) is 9.18 Å². The van der Waals surface area contributed by atoms with Gasteiger partial charge in [0.2, 0.25) is 5.95 Å². The van der Waals surface area contributed by atoms with E-state index < -0.39 is 5.82 Å². The van der Waals surface area contributed by atoms with Gasteiger partial charge in [-0.3, -0.25) is 9.78 Å². The zero-order chi connectivity index (χ0) is 21.3. The van der Waals surface area contributed by atoms with Crippen LogP contribution < -0.4 is 10.6 Å². The number of aryl methyl sites for hydroxylation is 1. The van der Waals surface area contributed by atoms with E-state index in [1.807, 2.05) is 19.9 Å². The van der Waals surface area contributed by atoms with Crippen LogP contribution in [-0.4, -0.2) is 52.4 Å². The van der Waals surface area contributed by atoms with Crippen LogP contribution in [0.5, 0.6) is 0 Å². The predicted molar refractivity (Wildman–Crippen MR) is 116 cm³/mol. The summed E-state index contributed by atoms with van der Waals surface area (Å²) in [6.07, 6.45) is 3.72. The molecule has 1 aliphatic heterocycles. The first-order valence-electron chi connectivity index (χ1n) is 10.0. The summed E-state index contributed by atoms with van der Waals surface area (Å²) >= 11 is 1.51. The molecule has 0 saturated carbocycles. The molecule has 1 atom stereocenters. The van der Waals surface area contributed by atoms with E-state index in [0.29, 0.717) is 29.7 Å². The Hall–Kier alpha value is -2.65. The van der Waals surface area contributed by atoms with Gasteiger partial charge in [0.15, 0.2) is 5.69 Å². The van der Waals surface area contributed by atoms with Gasteiger partial charge in [0.05, 0.1) is 22.5 Å². The Kier molecular flexibility index (Phi) is 5.92. The molecule has 1 aliphatic rings. The summed E-state index contributed by atoms with van der Waals surface area (Å²) in [6, 6.07) is 3.10. The van der Waals surface area contributed by atoms with Crippen LogP contribution in [0.25, 0.3) is 10.2 Å². The minimum absolute atomic E-state index is 0.194. The first-order chi connectivity index (χ1) is 14.4. The van der Waals surface area contributed by atoms with Gasteiger partial charge in [-0.15, -0.1) is 11.3 Å². The molecular weight excluding hydrogens is 403 g/mol. The number of fused-ring (bicyclic) bond motifs is 1. The number of aromatic nitrogens is 3. The van der Waals surface area contributed by atoms with Crippen LogP contribution in [0.4, 0.5) is 10.3 Å². The van der Waals surface area contributed by atoms with Crippen LogP contribution >= 0.6 is 11.3 Å². The number of thiophene rings is 1. The Bertz CT molecular complexity index is 1060. The minimum atomic E-state index is -0.399.